The molecule has 2 heterocycles. The van der Waals surface area contributed by atoms with Crippen molar-refractivity contribution in [3.05, 3.63) is 120 Å². The van der Waals surface area contributed by atoms with E-state index in [0.29, 0.717) is 20.8 Å². The van der Waals surface area contributed by atoms with Gasteiger partial charge >= 0.3 is 0 Å². The van der Waals surface area contributed by atoms with Crippen LogP contribution in [0.1, 0.15) is 34.7 Å². The van der Waals surface area contributed by atoms with E-state index in [1.807, 2.05) is 24.3 Å². The first kappa shape index (κ1) is 22.5. The van der Waals surface area contributed by atoms with E-state index >= 15 is 0 Å². The average molecular weight is 499 g/mol. The minimum absolute atomic E-state index is 0.117. The van der Waals surface area contributed by atoms with Crippen molar-refractivity contribution in [1.82, 2.24) is 4.57 Å². The highest BCUT2D eigenvalue weighted by Crippen LogP contribution is 2.42. The summed E-state index contributed by atoms with van der Waals surface area (Å²) in [7, 11) is 3.21. The molecule has 180 valence electrons. The van der Waals surface area contributed by atoms with Crippen LogP contribution in [0.15, 0.2) is 82.1 Å². The molecular weight excluding hydrogens is 475 g/mol. The van der Waals surface area contributed by atoms with Gasteiger partial charge in [0.25, 0.3) is 5.56 Å². The molecule has 1 unspecified atom stereocenters. The fourth-order valence-corrected chi connectivity index (χ4v) is 6.06. The van der Waals surface area contributed by atoms with Crippen LogP contribution in [0.3, 0.4) is 0 Å². The summed E-state index contributed by atoms with van der Waals surface area (Å²) in [5.41, 5.74) is 6.00. The van der Waals surface area contributed by atoms with Crippen LogP contribution < -0.4 is 24.4 Å². The number of thiazole rings is 1. The number of aromatic nitrogens is 1. The lowest BCUT2D eigenvalue weighted by molar-refractivity contribution is 0.354. The Morgan fingerprint density at radius 3 is 2.56 bits per heavy atom. The van der Waals surface area contributed by atoms with Crippen molar-refractivity contribution in [1.29, 1.82) is 0 Å². The third-order valence-electron chi connectivity index (χ3n) is 6.76. The van der Waals surface area contributed by atoms with E-state index in [1.54, 1.807) is 37.0 Å². The Morgan fingerprint density at radius 1 is 1.00 bits per heavy atom. The zero-order chi connectivity index (χ0) is 24.8. The second kappa shape index (κ2) is 8.91. The van der Waals surface area contributed by atoms with Gasteiger partial charge < -0.3 is 9.47 Å². The van der Waals surface area contributed by atoms with Crippen LogP contribution in [-0.2, 0) is 6.42 Å². The van der Waals surface area contributed by atoms with Gasteiger partial charge in [-0.3, -0.25) is 9.36 Å². The fraction of sp³-hybridized carbons (Fsp3) is 0.172. The van der Waals surface area contributed by atoms with Gasteiger partial charge in [0.05, 0.1) is 30.5 Å². The van der Waals surface area contributed by atoms with Gasteiger partial charge in [0.2, 0.25) is 0 Å². The summed E-state index contributed by atoms with van der Waals surface area (Å²) in [5, 5.41) is 0. The van der Waals surface area contributed by atoms with Crippen molar-refractivity contribution < 1.29 is 13.9 Å². The quantitative estimate of drug-likeness (QED) is 0.417. The molecule has 0 spiro atoms. The maximum absolute atomic E-state index is 13.8. The molecule has 0 fully saturated rings. The maximum atomic E-state index is 13.8. The molecule has 1 aromatic heterocycles. The minimum Gasteiger partial charge on any atom is -0.493 e. The molecular formula is C29H23FN2O3S. The van der Waals surface area contributed by atoms with Crippen LogP contribution in [0.2, 0.25) is 0 Å². The molecule has 0 saturated carbocycles. The van der Waals surface area contributed by atoms with Gasteiger partial charge in [0.1, 0.15) is 5.82 Å². The smallest absolute Gasteiger partial charge is 0.271 e. The number of rotatable bonds is 4. The van der Waals surface area contributed by atoms with Crippen LogP contribution in [0.25, 0.3) is 11.8 Å². The summed E-state index contributed by atoms with van der Waals surface area (Å²) in [4.78, 5) is 19.5. The third kappa shape index (κ3) is 3.67. The number of halogens is 1. The Labute approximate surface area is 211 Å². The highest BCUT2D eigenvalue weighted by molar-refractivity contribution is 7.07. The molecule has 2 aliphatic rings. The predicted octanol–water partition coefficient (Wildman–Crippen LogP) is 4.48. The number of methoxy groups -OCH3 is 2. The number of hydrogen-bond donors (Lipinski definition) is 0. The van der Waals surface area contributed by atoms with Crippen molar-refractivity contribution in [2.75, 3.05) is 14.2 Å². The average Bonchev–Trinajstić information content (AvgIpc) is 3.22. The lowest BCUT2D eigenvalue weighted by Crippen LogP contribution is -2.38. The van der Waals surface area contributed by atoms with Crippen LogP contribution in [0.5, 0.6) is 11.5 Å². The molecule has 7 heteroatoms. The first-order chi connectivity index (χ1) is 17.6. The zero-order valence-corrected chi connectivity index (χ0v) is 20.6. The van der Waals surface area contributed by atoms with Crippen molar-refractivity contribution >= 4 is 23.1 Å². The summed E-state index contributed by atoms with van der Waals surface area (Å²) in [6.07, 6.45) is 3.48. The first-order valence-electron chi connectivity index (χ1n) is 11.7. The SMILES string of the molecule is COc1ccc(C2C3=C(N=c4sc(=Cc5ccc(F)cc5)c(=O)n42)c2ccccc2CC3)cc1OC. The minimum atomic E-state index is -0.320. The number of ether oxygens (including phenoxy) is 2. The highest BCUT2D eigenvalue weighted by Gasteiger charge is 2.33. The number of fused-ring (bicyclic) bond motifs is 3. The molecule has 1 atom stereocenters. The van der Waals surface area contributed by atoms with E-state index in [9.17, 15) is 9.18 Å². The molecule has 0 saturated heterocycles. The van der Waals surface area contributed by atoms with Gasteiger partial charge in [-0.05, 0) is 65.4 Å². The second-order valence-electron chi connectivity index (χ2n) is 8.78. The topological polar surface area (TPSA) is 52.8 Å². The molecule has 0 radical (unpaired) electrons. The van der Waals surface area contributed by atoms with Crippen molar-refractivity contribution in [2.45, 2.75) is 18.9 Å². The molecule has 0 bridgehead atoms. The molecule has 4 aromatic rings. The number of allylic oxidation sites excluding steroid dienone is 1. The van der Waals surface area contributed by atoms with Crippen LogP contribution in [0.4, 0.5) is 4.39 Å². The lowest BCUT2D eigenvalue weighted by atomic mass is 9.83. The van der Waals surface area contributed by atoms with E-state index < -0.39 is 0 Å². The Kier molecular flexibility index (Phi) is 5.57. The van der Waals surface area contributed by atoms with Gasteiger partial charge in [-0.15, -0.1) is 0 Å². The van der Waals surface area contributed by atoms with Gasteiger partial charge in [-0.25, -0.2) is 9.38 Å². The molecule has 36 heavy (non-hydrogen) atoms. The number of aryl methyl sites for hydroxylation is 1. The number of hydrogen-bond acceptors (Lipinski definition) is 5. The molecule has 0 N–H and O–H groups in total. The Balaban J connectivity index is 1.62. The summed E-state index contributed by atoms with van der Waals surface area (Å²) >= 11 is 1.35. The van der Waals surface area contributed by atoms with Gasteiger partial charge in [0, 0.05) is 5.56 Å². The standard InChI is InChI=1S/C29H23FN2O3S/c1-34-23-14-10-19(16-24(23)35-2)27-22-13-9-18-5-3-4-6-21(18)26(22)31-29-32(27)28(33)25(36-29)15-17-7-11-20(30)12-8-17/h3-8,10-12,14-16,27H,9,13H2,1-2H3. The van der Waals surface area contributed by atoms with Crippen LogP contribution in [0, 0.1) is 5.82 Å². The Hall–Kier alpha value is -3.97. The molecule has 3 aromatic carbocycles. The number of benzene rings is 3. The summed E-state index contributed by atoms with van der Waals surface area (Å²) < 4.78 is 26.8. The van der Waals surface area contributed by atoms with E-state index in [2.05, 4.69) is 18.2 Å². The summed E-state index contributed by atoms with van der Waals surface area (Å²) in [5.74, 6) is 0.931. The summed E-state index contributed by atoms with van der Waals surface area (Å²) in [6.45, 7) is 0. The Morgan fingerprint density at radius 2 is 1.78 bits per heavy atom. The molecule has 1 aliphatic carbocycles. The largest absolute Gasteiger partial charge is 0.493 e. The maximum Gasteiger partial charge on any atom is 0.271 e. The van der Waals surface area contributed by atoms with Crippen molar-refractivity contribution in [3.63, 3.8) is 0 Å². The lowest BCUT2D eigenvalue weighted by Gasteiger charge is -2.31. The van der Waals surface area contributed by atoms with Crippen LogP contribution in [-0.4, -0.2) is 18.8 Å². The van der Waals surface area contributed by atoms with E-state index in [-0.39, 0.29) is 17.4 Å². The predicted molar refractivity (Wildman–Crippen MR) is 139 cm³/mol. The third-order valence-corrected chi connectivity index (χ3v) is 7.75. The van der Waals surface area contributed by atoms with E-state index in [1.165, 1.54) is 29.0 Å². The highest BCUT2D eigenvalue weighted by atomic mass is 32.1. The first-order valence-corrected chi connectivity index (χ1v) is 12.5. The van der Waals surface area contributed by atoms with E-state index in [4.69, 9.17) is 14.5 Å². The van der Waals surface area contributed by atoms with Gasteiger partial charge in [-0.1, -0.05) is 53.8 Å². The van der Waals surface area contributed by atoms with Crippen molar-refractivity contribution in [3.8, 4) is 11.5 Å². The molecule has 1 aliphatic heterocycles. The second-order valence-corrected chi connectivity index (χ2v) is 9.79. The number of nitrogens with zero attached hydrogens (tertiary/aromatic N) is 2. The van der Waals surface area contributed by atoms with Crippen LogP contribution >= 0.6 is 11.3 Å². The fourth-order valence-electron chi connectivity index (χ4n) is 5.06. The normalized spacial score (nSPS) is 16.6. The molecule has 6 rings (SSSR count). The van der Waals surface area contributed by atoms with Gasteiger partial charge in [-0.2, -0.15) is 0 Å². The zero-order valence-electron chi connectivity index (χ0n) is 19.8. The Bertz CT molecular complexity index is 1700. The monoisotopic (exact) mass is 498 g/mol. The van der Waals surface area contributed by atoms with Crippen molar-refractivity contribution in [2.24, 2.45) is 4.99 Å². The van der Waals surface area contributed by atoms with Gasteiger partial charge in [0.15, 0.2) is 16.3 Å². The molecule has 0 amide bonds. The van der Waals surface area contributed by atoms with E-state index in [0.717, 1.165) is 40.8 Å². The molecule has 5 nitrogen and oxygen atoms in total. The summed E-state index contributed by atoms with van der Waals surface area (Å²) in [6, 6.07) is 19.9.